The Hall–Kier alpha value is -0.0200. The molecule has 0 saturated carbocycles. The lowest BCUT2D eigenvalue weighted by molar-refractivity contribution is 1.22. The fourth-order valence-electron chi connectivity index (χ4n) is 1.56. The van der Waals surface area contributed by atoms with Crippen molar-refractivity contribution in [2.45, 2.75) is 18.7 Å². The van der Waals surface area contributed by atoms with Gasteiger partial charge in [0.05, 0.1) is 14.9 Å². The summed E-state index contributed by atoms with van der Waals surface area (Å²) < 4.78 is 0. The van der Waals surface area contributed by atoms with Gasteiger partial charge in [0.1, 0.15) is 0 Å². The first-order valence-electron chi connectivity index (χ1n) is 5.15. The smallest absolute Gasteiger partial charge is 0.0738 e. The van der Waals surface area contributed by atoms with Crippen molar-refractivity contribution >= 4 is 50.5 Å². The standard InChI is InChI=1S/C13H11BrCl2S/c1-7-5-12(17-8(7)2)13(14)9-3-4-10(15)11(16)6-9/h3-6,13H,1-2H3. The van der Waals surface area contributed by atoms with Crippen molar-refractivity contribution in [3.63, 3.8) is 0 Å². The van der Waals surface area contributed by atoms with Crippen LogP contribution in [0.5, 0.6) is 0 Å². The number of hydrogen-bond donors (Lipinski definition) is 0. The van der Waals surface area contributed by atoms with E-state index in [-0.39, 0.29) is 4.83 Å². The van der Waals surface area contributed by atoms with E-state index < -0.39 is 0 Å². The van der Waals surface area contributed by atoms with Crippen LogP contribution in [0.25, 0.3) is 0 Å². The Morgan fingerprint density at radius 2 is 1.82 bits per heavy atom. The fourth-order valence-corrected chi connectivity index (χ4v) is 3.61. The monoisotopic (exact) mass is 348 g/mol. The third-order valence-electron chi connectivity index (χ3n) is 2.67. The summed E-state index contributed by atoms with van der Waals surface area (Å²) >= 11 is 17.5. The minimum Gasteiger partial charge on any atom is -0.144 e. The molecule has 2 rings (SSSR count). The molecular formula is C13H11BrCl2S. The Morgan fingerprint density at radius 1 is 1.12 bits per heavy atom. The highest BCUT2D eigenvalue weighted by molar-refractivity contribution is 9.09. The first-order valence-corrected chi connectivity index (χ1v) is 7.64. The Bertz CT molecular complexity index is 529. The number of hydrogen-bond acceptors (Lipinski definition) is 1. The van der Waals surface area contributed by atoms with E-state index in [0.717, 1.165) is 5.56 Å². The van der Waals surface area contributed by atoms with E-state index in [1.54, 1.807) is 11.3 Å². The van der Waals surface area contributed by atoms with Gasteiger partial charge in [0.25, 0.3) is 0 Å². The Labute approximate surface area is 124 Å². The molecule has 1 aromatic heterocycles. The van der Waals surface area contributed by atoms with E-state index in [1.165, 1.54) is 15.3 Å². The molecule has 1 aromatic carbocycles. The Morgan fingerprint density at radius 3 is 2.35 bits per heavy atom. The topological polar surface area (TPSA) is 0 Å². The summed E-state index contributed by atoms with van der Waals surface area (Å²) in [6.07, 6.45) is 0. The van der Waals surface area contributed by atoms with Crippen LogP contribution in [-0.2, 0) is 0 Å². The van der Waals surface area contributed by atoms with E-state index in [0.29, 0.717) is 10.0 Å². The molecule has 0 amide bonds. The third-order valence-corrected chi connectivity index (χ3v) is 5.95. The maximum absolute atomic E-state index is 6.03. The predicted octanol–water partition coefficient (Wildman–Crippen LogP) is 6.16. The summed E-state index contributed by atoms with van der Waals surface area (Å²) in [6, 6.07) is 7.95. The predicted molar refractivity (Wildman–Crippen MR) is 81.0 cm³/mol. The maximum atomic E-state index is 6.03. The van der Waals surface area contributed by atoms with Crippen LogP contribution in [0.3, 0.4) is 0 Å². The summed E-state index contributed by atoms with van der Waals surface area (Å²) in [7, 11) is 0. The molecule has 2 aromatic rings. The minimum absolute atomic E-state index is 0.176. The maximum Gasteiger partial charge on any atom is 0.0738 e. The number of alkyl halides is 1. The second kappa shape index (κ2) is 5.31. The molecule has 4 heteroatoms. The molecule has 0 fully saturated rings. The van der Waals surface area contributed by atoms with Crippen LogP contribution in [0, 0.1) is 13.8 Å². The lowest BCUT2D eigenvalue weighted by atomic mass is 10.1. The largest absolute Gasteiger partial charge is 0.144 e. The van der Waals surface area contributed by atoms with Gasteiger partial charge in [-0.25, -0.2) is 0 Å². The molecule has 0 spiro atoms. The lowest BCUT2D eigenvalue weighted by Crippen LogP contribution is -1.89. The second-order valence-electron chi connectivity index (χ2n) is 3.92. The van der Waals surface area contributed by atoms with Gasteiger partial charge in [-0.1, -0.05) is 45.2 Å². The third kappa shape index (κ3) is 2.87. The molecule has 1 heterocycles. The van der Waals surface area contributed by atoms with Crippen molar-refractivity contribution in [3.8, 4) is 0 Å². The van der Waals surface area contributed by atoms with Gasteiger partial charge in [0.15, 0.2) is 0 Å². The molecule has 0 aliphatic carbocycles. The number of benzene rings is 1. The van der Waals surface area contributed by atoms with E-state index >= 15 is 0 Å². The van der Waals surface area contributed by atoms with Crippen LogP contribution in [0.1, 0.15) is 25.7 Å². The van der Waals surface area contributed by atoms with Crippen molar-refractivity contribution in [3.05, 3.63) is 55.2 Å². The van der Waals surface area contributed by atoms with Crippen LogP contribution in [0.4, 0.5) is 0 Å². The molecule has 1 atom stereocenters. The Balaban J connectivity index is 2.36. The molecular weight excluding hydrogens is 339 g/mol. The summed E-state index contributed by atoms with van der Waals surface area (Å²) in [5.41, 5.74) is 2.45. The summed E-state index contributed by atoms with van der Waals surface area (Å²) in [5, 5.41) is 1.19. The SMILES string of the molecule is Cc1cc(C(Br)c2ccc(Cl)c(Cl)c2)sc1C. The zero-order valence-electron chi connectivity index (χ0n) is 9.43. The van der Waals surface area contributed by atoms with Crippen LogP contribution in [-0.4, -0.2) is 0 Å². The first kappa shape index (κ1) is 13.4. The highest BCUT2D eigenvalue weighted by atomic mass is 79.9. The van der Waals surface area contributed by atoms with Gasteiger partial charge in [-0.2, -0.15) is 0 Å². The molecule has 90 valence electrons. The van der Waals surface area contributed by atoms with Gasteiger partial charge < -0.3 is 0 Å². The molecule has 0 radical (unpaired) electrons. The summed E-state index contributed by atoms with van der Waals surface area (Å²) in [6.45, 7) is 4.27. The lowest BCUT2D eigenvalue weighted by Gasteiger charge is -2.09. The normalized spacial score (nSPS) is 12.8. The van der Waals surface area contributed by atoms with Crippen LogP contribution in [0.2, 0.25) is 10.0 Å². The number of aryl methyl sites for hydroxylation is 2. The average Bonchev–Trinajstić information content (AvgIpc) is 2.62. The van der Waals surface area contributed by atoms with Crippen molar-refractivity contribution in [2.75, 3.05) is 0 Å². The van der Waals surface area contributed by atoms with Crippen LogP contribution in [0.15, 0.2) is 24.3 Å². The number of halogens is 3. The summed E-state index contributed by atoms with van der Waals surface area (Å²) in [4.78, 5) is 2.82. The molecule has 0 nitrogen and oxygen atoms in total. The molecule has 0 aliphatic rings. The molecule has 0 bridgehead atoms. The first-order chi connectivity index (χ1) is 7.99. The minimum atomic E-state index is 0.176. The number of rotatable bonds is 2. The van der Waals surface area contributed by atoms with Gasteiger partial charge in [0.2, 0.25) is 0 Å². The Kier molecular flexibility index (Phi) is 4.19. The van der Waals surface area contributed by atoms with Gasteiger partial charge in [-0.15, -0.1) is 11.3 Å². The molecule has 0 aliphatic heterocycles. The van der Waals surface area contributed by atoms with E-state index in [2.05, 4.69) is 35.8 Å². The van der Waals surface area contributed by atoms with E-state index in [9.17, 15) is 0 Å². The second-order valence-corrected chi connectivity index (χ2v) is 6.94. The van der Waals surface area contributed by atoms with Crippen molar-refractivity contribution in [2.24, 2.45) is 0 Å². The van der Waals surface area contributed by atoms with Crippen molar-refractivity contribution in [1.29, 1.82) is 0 Å². The van der Waals surface area contributed by atoms with Crippen LogP contribution >= 0.6 is 50.5 Å². The average molecular weight is 350 g/mol. The summed E-state index contributed by atoms with van der Waals surface area (Å²) in [5.74, 6) is 0. The van der Waals surface area contributed by atoms with Gasteiger partial charge in [-0.3, -0.25) is 0 Å². The molecule has 1 unspecified atom stereocenters. The van der Waals surface area contributed by atoms with Crippen molar-refractivity contribution < 1.29 is 0 Å². The molecule has 0 saturated heterocycles. The highest BCUT2D eigenvalue weighted by Gasteiger charge is 2.14. The van der Waals surface area contributed by atoms with Crippen LogP contribution < -0.4 is 0 Å². The van der Waals surface area contributed by atoms with Crippen molar-refractivity contribution in [1.82, 2.24) is 0 Å². The van der Waals surface area contributed by atoms with Gasteiger partial charge in [0, 0.05) is 9.75 Å². The molecule has 17 heavy (non-hydrogen) atoms. The quantitative estimate of drug-likeness (QED) is 0.570. The van der Waals surface area contributed by atoms with Gasteiger partial charge in [-0.05, 0) is 43.2 Å². The van der Waals surface area contributed by atoms with E-state index in [1.807, 2.05) is 18.2 Å². The highest BCUT2D eigenvalue weighted by Crippen LogP contribution is 2.38. The zero-order valence-corrected chi connectivity index (χ0v) is 13.3. The molecule has 0 N–H and O–H groups in total. The van der Waals surface area contributed by atoms with Gasteiger partial charge >= 0.3 is 0 Å². The van der Waals surface area contributed by atoms with E-state index in [4.69, 9.17) is 23.2 Å². The number of thiophene rings is 1. The zero-order chi connectivity index (χ0) is 12.6. The fraction of sp³-hybridized carbons (Fsp3) is 0.231.